The van der Waals surface area contributed by atoms with Gasteiger partial charge < -0.3 is 15.1 Å². The SMILES string of the molecule is O=C(O)c1cccc2c3nc4nc(nc5[nH]c(nc6nc(nc([nH]3)c12)-c1ccccc1-6)c1ccccc51)-c1ccccc1-4.[Co]. The Labute approximate surface area is 258 Å². The van der Waals surface area contributed by atoms with Crippen molar-refractivity contribution in [3.63, 3.8) is 0 Å². The van der Waals surface area contributed by atoms with Gasteiger partial charge in [-0.1, -0.05) is 84.9 Å². The Kier molecular flexibility index (Phi) is 5.66. The van der Waals surface area contributed by atoms with Gasteiger partial charge in [0.05, 0.1) is 5.56 Å². The van der Waals surface area contributed by atoms with Gasteiger partial charge in [-0.2, -0.15) is 0 Å². The third-order valence-electron chi connectivity index (χ3n) is 7.81. The molecular weight excluding hydrogens is 599 g/mol. The maximum Gasteiger partial charge on any atom is 0.336 e. The molecule has 0 saturated carbocycles. The molecule has 3 aromatic heterocycles. The van der Waals surface area contributed by atoms with Crippen molar-refractivity contribution < 1.29 is 26.7 Å². The molecule has 0 amide bonds. The molecule has 5 heterocycles. The Hall–Kier alpha value is -5.78. The molecule has 0 saturated heterocycles. The summed E-state index contributed by atoms with van der Waals surface area (Å²) in [6, 6.07) is 28.5. The standard InChI is InChI=1S/C33H18N8O2.Co/c42-33(43)23-15-7-14-22-24(23)32-40-30-21-13-6-5-12-20(21)28(38-30)36-26-17-9-2-1-8-16(17)25(34-26)35-27-18-10-3-4-11-19(18)29(37-27)39-31(22)41-32;/h1-15H,(H,42,43)(H2,34,35,36,37,38,39,40,41);. The number of carboxylic acid groups (broad SMARTS) is 1. The molecule has 8 bridgehead atoms. The number of carbonyl (C=O) groups is 1. The van der Waals surface area contributed by atoms with Crippen LogP contribution in [-0.4, -0.2) is 50.9 Å². The van der Waals surface area contributed by atoms with E-state index in [0.29, 0.717) is 56.7 Å². The molecule has 11 heteroatoms. The van der Waals surface area contributed by atoms with Gasteiger partial charge in [0.2, 0.25) is 0 Å². The summed E-state index contributed by atoms with van der Waals surface area (Å²) >= 11 is 0. The van der Waals surface area contributed by atoms with E-state index in [1.54, 1.807) is 12.1 Å². The van der Waals surface area contributed by atoms with Crippen LogP contribution in [0, 0.1) is 0 Å². The van der Waals surface area contributed by atoms with Crippen LogP contribution in [0.2, 0.25) is 0 Å². The summed E-state index contributed by atoms with van der Waals surface area (Å²) in [6.07, 6.45) is 0. The Morgan fingerprint density at radius 2 is 0.864 bits per heavy atom. The van der Waals surface area contributed by atoms with E-state index in [4.69, 9.17) is 29.9 Å². The van der Waals surface area contributed by atoms with E-state index >= 15 is 0 Å². The van der Waals surface area contributed by atoms with Crippen LogP contribution in [0.25, 0.3) is 89.7 Å². The van der Waals surface area contributed by atoms with Crippen molar-refractivity contribution in [3.8, 4) is 45.6 Å². The van der Waals surface area contributed by atoms with Crippen molar-refractivity contribution in [3.05, 3.63) is 96.6 Å². The number of nitrogens with one attached hydrogen (secondary N) is 2. The number of aromatic amines is 2. The molecule has 0 fully saturated rings. The van der Waals surface area contributed by atoms with Crippen LogP contribution in [0.3, 0.4) is 0 Å². The second kappa shape index (κ2) is 9.62. The first-order chi connectivity index (χ1) is 21.1. The average molecular weight is 617 g/mol. The topological polar surface area (TPSA) is 146 Å². The number of hydrogen-bond acceptors (Lipinski definition) is 7. The largest absolute Gasteiger partial charge is 0.478 e. The van der Waals surface area contributed by atoms with Gasteiger partial charge in [0.15, 0.2) is 23.3 Å². The molecule has 0 spiro atoms. The first-order valence-electron chi connectivity index (χ1n) is 13.6. The number of benzene rings is 4. The first kappa shape index (κ1) is 25.9. The first-order valence-corrected chi connectivity index (χ1v) is 13.6. The average Bonchev–Trinajstić information content (AvgIpc) is 3.76. The number of hydrogen-bond donors (Lipinski definition) is 3. The van der Waals surface area contributed by atoms with E-state index < -0.39 is 5.97 Å². The van der Waals surface area contributed by atoms with E-state index in [1.165, 1.54) is 0 Å². The number of nitrogens with zero attached hydrogens (tertiary/aromatic N) is 6. The quantitative estimate of drug-likeness (QED) is 0.188. The number of carboxylic acids is 1. The van der Waals surface area contributed by atoms with Gasteiger partial charge in [-0.05, 0) is 6.07 Å². The molecule has 44 heavy (non-hydrogen) atoms. The van der Waals surface area contributed by atoms with Gasteiger partial charge in [-0.25, -0.2) is 34.7 Å². The molecule has 9 rings (SSSR count). The molecule has 4 aromatic carbocycles. The predicted octanol–water partition coefficient (Wildman–Crippen LogP) is 6.56. The zero-order chi connectivity index (χ0) is 28.7. The summed E-state index contributed by atoms with van der Waals surface area (Å²) in [5.74, 6) is 0.791. The van der Waals surface area contributed by atoms with Crippen molar-refractivity contribution in [1.29, 1.82) is 0 Å². The number of rotatable bonds is 1. The van der Waals surface area contributed by atoms with Gasteiger partial charge in [-0.3, -0.25) is 0 Å². The Morgan fingerprint density at radius 1 is 0.477 bits per heavy atom. The fourth-order valence-corrected chi connectivity index (χ4v) is 5.87. The molecule has 211 valence electrons. The zero-order valence-electron chi connectivity index (χ0n) is 22.5. The summed E-state index contributed by atoms with van der Waals surface area (Å²) in [6.45, 7) is 0. The predicted molar refractivity (Wildman–Crippen MR) is 163 cm³/mol. The fourth-order valence-electron chi connectivity index (χ4n) is 5.87. The van der Waals surface area contributed by atoms with Crippen molar-refractivity contribution in [1.82, 2.24) is 39.9 Å². The number of fused-ring (bicyclic) bond motifs is 20. The Bertz CT molecular complexity index is 2510. The molecule has 1 radical (unpaired) electrons. The van der Waals surface area contributed by atoms with Crippen LogP contribution in [-0.2, 0) is 16.8 Å². The van der Waals surface area contributed by atoms with Crippen LogP contribution in [0.4, 0.5) is 0 Å². The molecule has 2 aliphatic rings. The van der Waals surface area contributed by atoms with E-state index in [0.717, 1.165) is 33.0 Å². The third kappa shape index (κ3) is 3.77. The molecular formula is C33H18CoN8O2. The van der Waals surface area contributed by atoms with Gasteiger partial charge in [0.1, 0.15) is 22.6 Å². The zero-order valence-corrected chi connectivity index (χ0v) is 23.6. The molecule has 7 aromatic rings. The summed E-state index contributed by atoms with van der Waals surface area (Å²) in [5.41, 5.74) is 5.36. The maximum absolute atomic E-state index is 12.3. The minimum atomic E-state index is -1.07. The van der Waals surface area contributed by atoms with E-state index in [1.807, 2.05) is 78.9 Å². The monoisotopic (exact) mass is 617 g/mol. The summed E-state index contributed by atoms with van der Waals surface area (Å²) in [7, 11) is 0. The van der Waals surface area contributed by atoms with Gasteiger partial charge in [0, 0.05) is 60.6 Å². The Balaban J connectivity index is 0.00000289. The minimum Gasteiger partial charge on any atom is -0.478 e. The molecule has 3 N–H and O–H groups in total. The van der Waals surface area contributed by atoms with E-state index in [-0.39, 0.29) is 22.3 Å². The number of aromatic carboxylic acids is 1. The third-order valence-corrected chi connectivity index (χ3v) is 7.81. The van der Waals surface area contributed by atoms with Gasteiger partial charge in [-0.15, -0.1) is 0 Å². The van der Waals surface area contributed by atoms with Crippen LogP contribution in [0.1, 0.15) is 10.4 Å². The summed E-state index contributed by atoms with van der Waals surface area (Å²) in [5, 5.41) is 12.9. The van der Waals surface area contributed by atoms with Crippen LogP contribution < -0.4 is 0 Å². The smallest absolute Gasteiger partial charge is 0.336 e. The van der Waals surface area contributed by atoms with Crippen LogP contribution in [0.5, 0.6) is 0 Å². The van der Waals surface area contributed by atoms with Crippen molar-refractivity contribution >= 4 is 50.1 Å². The molecule has 0 aliphatic carbocycles. The minimum absolute atomic E-state index is 0. The van der Waals surface area contributed by atoms with E-state index in [9.17, 15) is 9.90 Å². The Morgan fingerprint density at radius 3 is 1.34 bits per heavy atom. The van der Waals surface area contributed by atoms with Crippen molar-refractivity contribution in [2.75, 3.05) is 0 Å². The fraction of sp³-hybridized carbons (Fsp3) is 0. The molecule has 0 atom stereocenters. The van der Waals surface area contributed by atoms with Crippen molar-refractivity contribution in [2.24, 2.45) is 0 Å². The molecule has 2 aliphatic heterocycles. The summed E-state index contributed by atoms with van der Waals surface area (Å²) < 4.78 is 0. The van der Waals surface area contributed by atoms with E-state index in [2.05, 4.69) is 9.97 Å². The normalized spacial score (nSPS) is 11.6. The molecule has 10 nitrogen and oxygen atoms in total. The second-order valence-electron chi connectivity index (χ2n) is 10.3. The number of H-pyrrole nitrogens is 2. The maximum atomic E-state index is 12.3. The molecule has 0 unspecified atom stereocenters. The summed E-state index contributed by atoms with van der Waals surface area (Å²) in [4.78, 5) is 48.5. The second-order valence-corrected chi connectivity index (χ2v) is 10.3. The van der Waals surface area contributed by atoms with Gasteiger partial charge >= 0.3 is 5.97 Å². The van der Waals surface area contributed by atoms with Crippen LogP contribution in [0.15, 0.2) is 91.0 Å². The van der Waals surface area contributed by atoms with Crippen LogP contribution >= 0.6 is 0 Å². The van der Waals surface area contributed by atoms with Crippen molar-refractivity contribution in [2.45, 2.75) is 0 Å². The number of aromatic nitrogens is 8. The van der Waals surface area contributed by atoms with Gasteiger partial charge in [0.25, 0.3) is 0 Å².